The second kappa shape index (κ2) is 6.75. The first-order valence-electron chi connectivity index (χ1n) is 6.91. The molecule has 0 radical (unpaired) electrons. The SMILES string of the molecule is CCOC(=O)C(CC)Sc1nnc2[nH]c(=O)cc(CC)n12. The van der Waals surface area contributed by atoms with E-state index in [1.54, 1.807) is 11.3 Å². The molecule has 8 heteroatoms. The van der Waals surface area contributed by atoms with E-state index in [1.165, 1.54) is 17.8 Å². The molecule has 0 aliphatic heterocycles. The zero-order chi connectivity index (χ0) is 15.4. The summed E-state index contributed by atoms with van der Waals surface area (Å²) in [5.41, 5.74) is 0.598. The number of aromatic nitrogens is 4. The van der Waals surface area contributed by atoms with Crippen LogP contribution in [0, 0.1) is 0 Å². The molecule has 2 aromatic heterocycles. The van der Waals surface area contributed by atoms with Crippen LogP contribution in [0.1, 0.15) is 32.9 Å². The summed E-state index contributed by atoms with van der Waals surface area (Å²) in [5.74, 6) is 0.129. The van der Waals surface area contributed by atoms with Crippen molar-refractivity contribution in [3.8, 4) is 0 Å². The molecule has 0 saturated carbocycles. The predicted molar refractivity (Wildman–Crippen MR) is 79.6 cm³/mol. The minimum absolute atomic E-state index is 0.208. The third kappa shape index (κ3) is 3.26. The van der Waals surface area contributed by atoms with Crippen LogP contribution >= 0.6 is 11.8 Å². The molecular weight excluding hydrogens is 292 g/mol. The molecule has 7 nitrogen and oxygen atoms in total. The zero-order valence-electron chi connectivity index (χ0n) is 12.3. The van der Waals surface area contributed by atoms with Crippen LogP contribution in [0.4, 0.5) is 0 Å². The number of nitrogens with one attached hydrogen (secondary N) is 1. The van der Waals surface area contributed by atoms with Gasteiger partial charge >= 0.3 is 5.97 Å². The van der Waals surface area contributed by atoms with Crippen LogP contribution in [0.25, 0.3) is 5.78 Å². The number of thioether (sulfide) groups is 1. The number of H-pyrrole nitrogens is 1. The Bertz CT molecular complexity index is 694. The summed E-state index contributed by atoms with van der Waals surface area (Å²) in [6, 6.07) is 1.52. The first-order valence-corrected chi connectivity index (χ1v) is 7.79. The molecule has 1 N–H and O–H groups in total. The van der Waals surface area contributed by atoms with Crippen LogP contribution in [0.3, 0.4) is 0 Å². The van der Waals surface area contributed by atoms with Gasteiger partial charge in [0.1, 0.15) is 5.25 Å². The maximum absolute atomic E-state index is 11.9. The molecule has 1 atom stereocenters. The monoisotopic (exact) mass is 310 g/mol. The van der Waals surface area contributed by atoms with Crippen LogP contribution in [-0.2, 0) is 16.0 Å². The van der Waals surface area contributed by atoms with E-state index in [1.807, 2.05) is 13.8 Å². The van der Waals surface area contributed by atoms with Crippen molar-refractivity contribution in [3.05, 3.63) is 22.1 Å². The van der Waals surface area contributed by atoms with Crippen molar-refractivity contribution in [1.29, 1.82) is 0 Å². The topological polar surface area (TPSA) is 89.3 Å². The molecule has 0 fully saturated rings. The smallest absolute Gasteiger partial charge is 0.319 e. The molecule has 1 unspecified atom stereocenters. The molecule has 2 aromatic rings. The van der Waals surface area contributed by atoms with E-state index in [4.69, 9.17) is 4.74 Å². The van der Waals surface area contributed by atoms with Gasteiger partial charge in [-0.1, -0.05) is 25.6 Å². The number of aromatic amines is 1. The van der Waals surface area contributed by atoms with Gasteiger partial charge in [-0.2, -0.15) is 0 Å². The fourth-order valence-corrected chi connectivity index (χ4v) is 2.95. The molecule has 114 valence electrons. The normalized spacial score (nSPS) is 12.5. The molecule has 0 aliphatic rings. The van der Waals surface area contributed by atoms with Gasteiger partial charge in [0, 0.05) is 11.8 Å². The third-order valence-corrected chi connectivity index (χ3v) is 4.27. The van der Waals surface area contributed by atoms with Crippen molar-refractivity contribution < 1.29 is 9.53 Å². The minimum atomic E-state index is -0.339. The first-order chi connectivity index (χ1) is 10.1. The van der Waals surface area contributed by atoms with E-state index >= 15 is 0 Å². The van der Waals surface area contributed by atoms with Crippen molar-refractivity contribution in [1.82, 2.24) is 19.6 Å². The number of carbonyl (C=O) groups is 1. The quantitative estimate of drug-likeness (QED) is 0.641. The van der Waals surface area contributed by atoms with Gasteiger partial charge in [-0.3, -0.25) is 19.0 Å². The van der Waals surface area contributed by atoms with Crippen molar-refractivity contribution in [3.63, 3.8) is 0 Å². The van der Waals surface area contributed by atoms with Gasteiger partial charge in [0.05, 0.1) is 6.61 Å². The Balaban J connectivity index is 2.38. The fourth-order valence-electron chi connectivity index (χ4n) is 1.97. The summed E-state index contributed by atoms with van der Waals surface area (Å²) in [7, 11) is 0. The number of hydrogen-bond acceptors (Lipinski definition) is 6. The fraction of sp³-hybridized carbons (Fsp3) is 0.538. The lowest BCUT2D eigenvalue weighted by Gasteiger charge is -2.12. The molecular formula is C13H18N4O3S. The van der Waals surface area contributed by atoms with Gasteiger partial charge < -0.3 is 4.74 Å². The highest BCUT2D eigenvalue weighted by molar-refractivity contribution is 8.00. The Labute approximate surface area is 126 Å². The van der Waals surface area contributed by atoms with Crippen LogP contribution < -0.4 is 5.56 Å². The van der Waals surface area contributed by atoms with E-state index in [0.717, 1.165) is 5.69 Å². The average Bonchev–Trinajstić information content (AvgIpc) is 2.86. The number of aryl methyl sites for hydroxylation is 1. The Morgan fingerprint density at radius 2 is 2.19 bits per heavy atom. The second-order valence-corrected chi connectivity index (χ2v) is 5.56. The molecule has 2 heterocycles. The summed E-state index contributed by atoms with van der Waals surface area (Å²) in [6.45, 7) is 6.00. The molecule has 2 rings (SSSR count). The van der Waals surface area contributed by atoms with E-state index in [-0.39, 0.29) is 16.8 Å². The average molecular weight is 310 g/mol. The molecule has 0 saturated heterocycles. The molecule has 0 aliphatic carbocycles. The van der Waals surface area contributed by atoms with Gasteiger partial charge in [-0.15, -0.1) is 10.2 Å². The van der Waals surface area contributed by atoms with Crippen LogP contribution in [0.5, 0.6) is 0 Å². The number of rotatable bonds is 6. The summed E-state index contributed by atoms with van der Waals surface area (Å²) in [6.07, 6.45) is 1.30. The molecule has 0 amide bonds. The lowest BCUT2D eigenvalue weighted by Crippen LogP contribution is -2.20. The third-order valence-electron chi connectivity index (χ3n) is 2.98. The largest absolute Gasteiger partial charge is 0.465 e. The predicted octanol–water partition coefficient (Wildman–Crippen LogP) is 1.41. The van der Waals surface area contributed by atoms with Crippen LogP contribution in [-0.4, -0.2) is 37.4 Å². The summed E-state index contributed by atoms with van der Waals surface area (Å²) in [4.78, 5) is 26.0. The highest BCUT2D eigenvalue weighted by Gasteiger charge is 2.22. The van der Waals surface area contributed by atoms with Gasteiger partial charge in [-0.25, -0.2) is 0 Å². The number of ether oxygens (including phenoxy) is 1. The van der Waals surface area contributed by atoms with Crippen molar-refractivity contribution >= 4 is 23.5 Å². The number of fused-ring (bicyclic) bond motifs is 1. The number of nitrogens with zero attached hydrogens (tertiary/aromatic N) is 3. The number of esters is 1. The van der Waals surface area contributed by atoms with Gasteiger partial charge in [0.2, 0.25) is 5.78 Å². The zero-order valence-corrected chi connectivity index (χ0v) is 13.1. The van der Waals surface area contributed by atoms with E-state index in [0.29, 0.717) is 30.4 Å². The van der Waals surface area contributed by atoms with E-state index in [9.17, 15) is 9.59 Å². The van der Waals surface area contributed by atoms with Crippen molar-refractivity contribution in [2.24, 2.45) is 0 Å². The van der Waals surface area contributed by atoms with Crippen molar-refractivity contribution in [2.75, 3.05) is 6.61 Å². The molecule has 0 aromatic carbocycles. The summed E-state index contributed by atoms with van der Waals surface area (Å²) < 4.78 is 6.83. The van der Waals surface area contributed by atoms with Gasteiger partial charge in [0.25, 0.3) is 5.56 Å². The lowest BCUT2D eigenvalue weighted by molar-refractivity contribution is -0.142. The Kier molecular flexibility index (Phi) is 5.00. The number of carbonyl (C=O) groups excluding carboxylic acids is 1. The Morgan fingerprint density at radius 1 is 1.43 bits per heavy atom. The lowest BCUT2D eigenvalue weighted by atomic mass is 10.3. The maximum Gasteiger partial charge on any atom is 0.319 e. The van der Waals surface area contributed by atoms with Crippen LogP contribution in [0.15, 0.2) is 16.0 Å². The minimum Gasteiger partial charge on any atom is -0.465 e. The van der Waals surface area contributed by atoms with E-state index < -0.39 is 0 Å². The molecule has 0 spiro atoms. The second-order valence-electron chi connectivity index (χ2n) is 4.39. The summed E-state index contributed by atoms with van der Waals surface area (Å²) in [5, 5.41) is 8.28. The highest BCUT2D eigenvalue weighted by Crippen LogP contribution is 2.25. The molecule has 21 heavy (non-hydrogen) atoms. The highest BCUT2D eigenvalue weighted by atomic mass is 32.2. The van der Waals surface area contributed by atoms with Crippen molar-refractivity contribution in [2.45, 2.75) is 44.0 Å². The molecule has 0 bridgehead atoms. The van der Waals surface area contributed by atoms with E-state index in [2.05, 4.69) is 15.2 Å². The number of hydrogen-bond donors (Lipinski definition) is 1. The maximum atomic E-state index is 11.9. The standard InChI is InChI=1S/C13H18N4O3S/c1-4-8-7-10(18)14-12-15-16-13(17(8)12)21-9(5-2)11(19)20-6-3/h7,9H,4-6H2,1-3H3,(H,14,15,18). The Hall–Kier alpha value is -1.83. The first kappa shape index (κ1) is 15.6. The van der Waals surface area contributed by atoms with Gasteiger partial charge in [-0.05, 0) is 19.8 Å². The Morgan fingerprint density at radius 3 is 2.81 bits per heavy atom. The summed E-state index contributed by atoms with van der Waals surface area (Å²) >= 11 is 1.30. The van der Waals surface area contributed by atoms with Crippen LogP contribution in [0.2, 0.25) is 0 Å². The van der Waals surface area contributed by atoms with Gasteiger partial charge in [0.15, 0.2) is 5.16 Å².